The lowest BCUT2D eigenvalue weighted by molar-refractivity contribution is -0.0504. The molecule has 0 atom stereocenters. The second-order valence-corrected chi connectivity index (χ2v) is 6.26. The molecule has 11 heteroatoms. The number of guanidine groups is 1. The van der Waals surface area contributed by atoms with Gasteiger partial charge in [-0.1, -0.05) is 23.2 Å². The smallest absolute Gasteiger partial charge is 0.387 e. The zero-order valence-electron chi connectivity index (χ0n) is 15.8. The van der Waals surface area contributed by atoms with Gasteiger partial charge < -0.3 is 24.8 Å². The molecule has 28 heavy (non-hydrogen) atoms. The van der Waals surface area contributed by atoms with Gasteiger partial charge in [0.15, 0.2) is 5.96 Å². The molecule has 0 amide bonds. The highest BCUT2D eigenvalue weighted by Gasteiger charge is 2.15. The highest BCUT2D eigenvalue weighted by molar-refractivity contribution is 14.0. The van der Waals surface area contributed by atoms with Crippen LogP contribution < -0.4 is 15.4 Å². The average molecular weight is 556 g/mol. The van der Waals surface area contributed by atoms with Crippen molar-refractivity contribution >= 4 is 53.1 Å². The summed E-state index contributed by atoms with van der Waals surface area (Å²) in [6.45, 7) is -0.303. The van der Waals surface area contributed by atoms with Gasteiger partial charge in [-0.15, -0.1) is 24.0 Å². The molecule has 0 saturated heterocycles. The normalized spacial score (nSPS) is 11.3. The summed E-state index contributed by atoms with van der Waals surface area (Å²) >= 11 is 11.9. The Morgan fingerprint density at radius 3 is 2.54 bits per heavy atom. The minimum atomic E-state index is -2.98. The maximum atomic E-state index is 12.6. The third kappa shape index (κ3) is 11.4. The summed E-state index contributed by atoms with van der Waals surface area (Å²) in [4.78, 5) is 4.09. The molecule has 1 aromatic rings. The van der Waals surface area contributed by atoms with Crippen molar-refractivity contribution in [3.05, 3.63) is 27.7 Å². The van der Waals surface area contributed by atoms with Crippen molar-refractivity contribution in [3.63, 3.8) is 0 Å². The number of unbranched alkanes of at least 4 members (excludes halogenated alkanes) is 1. The standard InChI is InChI=1S/C17H25Cl2F2N3O3.HI/c1-22-17(23-5-3-4-6-26-8-7-25-2)24-11-12-9-13(18)10-14(19)15(12)27-16(20)21;/h9-10,16H,3-8,11H2,1-2H3,(H2,22,23,24);1H. The van der Waals surface area contributed by atoms with E-state index in [9.17, 15) is 8.78 Å². The number of hydrogen-bond acceptors (Lipinski definition) is 4. The van der Waals surface area contributed by atoms with Gasteiger partial charge in [0.25, 0.3) is 0 Å². The third-order valence-corrected chi connectivity index (χ3v) is 3.90. The highest BCUT2D eigenvalue weighted by atomic mass is 127. The molecule has 0 spiro atoms. The van der Waals surface area contributed by atoms with Crippen molar-refractivity contribution in [1.82, 2.24) is 10.6 Å². The van der Waals surface area contributed by atoms with Gasteiger partial charge in [0.05, 0.1) is 18.2 Å². The van der Waals surface area contributed by atoms with Gasteiger partial charge in [0.1, 0.15) is 5.75 Å². The maximum absolute atomic E-state index is 12.6. The van der Waals surface area contributed by atoms with Crippen molar-refractivity contribution in [2.45, 2.75) is 26.0 Å². The van der Waals surface area contributed by atoms with Gasteiger partial charge >= 0.3 is 6.61 Å². The number of hydrogen-bond donors (Lipinski definition) is 2. The van der Waals surface area contributed by atoms with Crippen LogP contribution in [0, 0.1) is 0 Å². The first-order chi connectivity index (χ1) is 13.0. The van der Waals surface area contributed by atoms with E-state index in [0.717, 1.165) is 12.8 Å². The van der Waals surface area contributed by atoms with Crippen LogP contribution >= 0.6 is 47.2 Å². The lowest BCUT2D eigenvalue weighted by Crippen LogP contribution is -2.37. The van der Waals surface area contributed by atoms with E-state index in [1.54, 1.807) is 14.2 Å². The molecule has 162 valence electrons. The number of alkyl halides is 2. The van der Waals surface area contributed by atoms with Gasteiger partial charge in [0.2, 0.25) is 0 Å². The van der Waals surface area contributed by atoms with Crippen LogP contribution in [-0.4, -0.2) is 53.1 Å². The third-order valence-electron chi connectivity index (χ3n) is 3.40. The number of nitrogens with zero attached hydrogens (tertiary/aromatic N) is 1. The Morgan fingerprint density at radius 2 is 1.89 bits per heavy atom. The van der Waals surface area contributed by atoms with Crippen molar-refractivity contribution in [1.29, 1.82) is 0 Å². The molecule has 6 nitrogen and oxygen atoms in total. The number of methoxy groups -OCH3 is 1. The van der Waals surface area contributed by atoms with Crippen LogP contribution in [0.5, 0.6) is 5.75 Å². The molecule has 1 rings (SSSR count). The van der Waals surface area contributed by atoms with E-state index in [0.29, 0.717) is 42.9 Å². The Morgan fingerprint density at radius 1 is 1.14 bits per heavy atom. The van der Waals surface area contributed by atoms with Crippen molar-refractivity contribution < 1.29 is 23.0 Å². The van der Waals surface area contributed by atoms with Crippen LogP contribution in [-0.2, 0) is 16.0 Å². The lowest BCUT2D eigenvalue weighted by atomic mass is 10.2. The molecule has 0 aliphatic heterocycles. The summed E-state index contributed by atoms with van der Waals surface area (Å²) in [5.41, 5.74) is 0.405. The molecule has 0 saturated carbocycles. The predicted octanol–water partition coefficient (Wildman–Crippen LogP) is 4.32. The summed E-state index contributed by atoms with van der Waals surface area (Å²) in [6.07, 6.45) is 1.78. The number of nitrogens with one attached hydrogen (secondary N) is 2. The minimum Gasteiger partial charge on any atom is -0.433 e. The van der Waals surface area contributed by atoms with Gasteiger partial charge in [0, 0.05) is 44.4 Å². The van der Waals surface area contributed by atoms with Gasteiger partial charge in [-0.05, 0) is 25.0 Å². The summed E-state index contributed by atoms with van der Waals surface area (Å²) in [5, 5.41) is 6.51. The van der Waals surface area contributed by atoms with Crippen molar-refractivity contribution in [2.24, 2.45) is 4.99 Å². The fourth-order valence-corrected chi connectivity index (χ4v) is 2.73. The number of benzene rings is 1. The number of halogens is 5. The molecule has 0 fully saturated rings. The molecule has 0 aliphatic rings. The average Bonchev–Trinajstić information content (AvgIpc) is 2.62. The zero-order chi connectivity index (χ0) is 20.1. The molecule has 0 aliphatic carbocycles. The van der Waals surface area contributed by atoms with Crippen molar-refractivity contribution in [3.8, 4) is 5.75 Å². The number of ether oxygens (including phenoxy) is 3. The van der Waals surface area contributed by atoms with Crippen LogP contribution in [0.4, 0.5) is 8.78 Å². The zero-order valence-corrected chi connectivity index (χ0v) is 19.6. The van der Waals surface area contributed by atoms with Crippen molar-refractivity contribution in [2.75, 3.05) is 40.5 Å². The monoisotopic (exact) mass is 555 g/mol. The van der Waals surface area contributed by atoms with E-state index in [4.69, 9.17) is 32.7 Å². The SMILES string of the molecule is CN=C(NCCCCOCCOC)NCc1cc(Cl)cc(Cl)c1OC(F)F.I. The second-order valence-electron chi connectivity index (χ2n) is 5.42. The topological polar surface area (TPSA) is 64.1 Å². The molecule has 0 radical (unpaired) electrons. The summed E-state index contributed by atoms with van der Waals surface area (Å²) in [7, 11) is 3.25. The summed E-state index contributed by atoms with van der Waals surface area (Å²) in [5.74, 6) is 0.418. The number of rotatable bonds is 12. The van der Waals surface area contributed by atoms with E-state index in [2.05, 4.69) is 20.4 Å². The van der Waals surface area contributed by atoms with Crippen LogP contribution in [0.15, 0.2) is 17.1 Å². The lowest BCUT2D eigenvalue weighted by Gasteiger charge is -2.16. The van der Waals surface area contributed by atoms with Gasteiger partial charge in [-0.25, -0.2) is 0 Å². The van der Waals surface area contributed by atoms with Gasteiger partial charge in [-0.3, -0.25) is 4.99 Å². The molecule has 0 unspecified atom stereocenters. The number of aliphatic imine (C=N–C) groups is 1. The molecule has 0 bridgehead atoms. The maximum Gasteiger partial charge on any atom is 0.387 e. The van der Waals surface area contributed by atoms with Gasteiger partial charge in [-0.2, -0.15) is 8.78 Å². The Balaban J connectivity index is 0.00000729. The molecule has 2 N–H and O–H groups in total. The summed E-state index contributed by atoms with van der Waals surface area (Å²) in [6, 6.07) is 2.87. The largest absolute Gasteiger partial charge is 0.433 e. The van der Waals surface area contributed by atoms with E-state index in [-0.39, 0.29) is 41.3 Å². The van der Waals surface area contributed by atoms with E-state index >= 15 is 0 Å². The van der Waals surface area contributed by atoms with E-state index in [1.807, 2.05) is 0 Å². The first kappa shape index (κ1) is 27.4. The molecule has 1 aromatic carbocycles. The van der Waals surface area contributed by atoms with E-state index < -0.39 is 6.61 Å². The Hall–Kier alpha value is -0.620. The summed E-state index contributed by atoms with van der Waals surface area (Å²) < 4.78 is 40.0. The van der Waals surface area contributed by atoms with Crippen LogP contribution in [0.25, 0.3) is 0 Å². The van der Waals surface area contributed by atoms with Crippen LogP contribution in [0.3, 0.4) is 0 Å². The first-order valence-electron chi connectivity index (χ1n) is 8.41. The predicted molar refractivity (Wildman–Crippen MR) is 119 cm³/mol. The molecular weight excluding hydrogens is 530 g/mol. The van der Waals surface area contributed by atoms with Crippen LogP contribution in [0.1, 0.15) is 18.4 Å². The van der Waals surface area contributed by atoms with Crippen LogP contribution in [0.2, 0.25) is 10.0 Å². The van der Waals surface area contributed by atoms with E-state index in [1.165, 1.54) is 12.1 Å². The highest BCUT2D eigenvalue weighted by Crippen LogP contribution is 2.33. The molecular formula is C17H26Cl2F2IN3O3. The Labute approximate surface area is 191 Å². The quantitative estimate of drug-likeness (QED) is 0.174. The molecule has 0 heterocycles. The molecule has 0 aromatic heterocycles. The first-order valence-corrected chi connectivity index (χ1v) is 9.17. The minimum absolute atomic E-state index is 0. The fourth-order valence-electron chi connectivity index (χ4n) is 2.15. The fraction of sp³-hybridized carbons (Fsp3) is 0.588. The Kier molecular flexibility index (Phi) is 15.8. The second kappa shape index (κ2) is 16.2. The Bertz CT molecular complexity index is 599.